The smallest absolute Gasteiger partial charge is 0.263 e. The molecule has 3 aromatic heterocycles. The van der Waals surface area contributed by atoms with E-state index in [9.17, 15) is 9.59 Å². The van der Waals surface area contributed by atoms with Gasteiger partial charge in [-0.15, -0.1) is 17.9 Å². The predicted molar refractivity (Wildman–Crippen MR) is 136 cm³/mol. The Morgan fingerprint density at radius 2 is 1.91 bits per heavy atom. The molecule has 0 unspecified atom stereocenters. The molecule has 2 aromatic carbocycles. The lowest BCUT2D eigenvalue weighted by Gasteiger charge is -2.10. The minimum Gasteiger partial charge on any atom is -0.309 e. The van der Waals surface area contributed by atoms with Gasteiger partial charge in [-0.25, -0.2) is 9.97 Å². The molecule has 0 saturated heterocycles. The summed E-state index contributed by atoms with van der Waals surface area (Å²) in [4.78, 5) is 39.4. The second-order valence-corrected chi connectivity index (χ2v) is 9.67. The highest BCUT2D eigenvalue weighted by atomic mass is 35.5. The number of hydrogen-bond acceptors (Lipinski definition) is 6. The van der Waals surface area contributed by atoms with Crippen LogP contribution in [-0.2, 0) is 12.3 Å². The van der Waals surface area contributed by atoms with Gasteiger partial charge in [-0.3, -0.25) is 14.2 Å². The van der Waals surface area contributed by atoms with Crippen LogP contribution in [0.2, 0.25) is 5.02 Å². The molecule has 0 spiro atoms. The molecule has 164 valence electrons. The zero-order valence-electron chi connectivity index (χ0n) is 17.2. The number of benzene rings is 2. The molecular formula is C24H17ClN4O2S2. The zero-order valence-corrected chi connectivity index (χ0v) is 19.6. The van der Waals surface area contributed by atoms with Gasteiger partial charge in [-0.2, -0.15) is 0 Å². The van der Waals surface area contributed by atoms with Gasteiger partial charge in [0, 0.05) is 16.4 Å². The molecule has 9 heteroatoms. The van der Waals surface area contributed by atoms with Crippen LogP contribution < -0.4 is 11.1 Å². The van der Waals surface area contributed by atoms with Crippen molar-refractivity contribution in [3.63, 3.8) is 0 Å². The van der Waals surface area contributed by atoms with Crippen molar-refractivity contribution in [3.05, 3.63) is 98.8 Å². The summed E-state index contributed by atoms with van der Waals surface area (Å²) in [7, 11) is 0. The van der Waals surface area contributed by atoms with Gasteiger partial charge in [0.1, 0.15) is 10.7 Å². The van der Waals surface area contributed by atoms with Crippen LogP contribution in [-0.4, -0.2) is 19.5 Å². The summed E-state index contributed by atoms with van der Waals surface area (Å²) in [6, 6.07) is 16.8. The standard InChI is InChI=1S/C24H17ClN4O2S2/c1-2-10-29-23(31)17-12-19(14-6-4-3-5-7-14)33-22(17)28-24(29)32-13-20-26-18-11-15(25)8-9-16(18)21(30)27-20/h2-9,11-12H,1,10,13H2,(H,26,27,30). The lowest BCUT2D eigenvalue weighted by Crippen LogP contribution is -2.22. The Balaban J connectivity index is 1.54. The van der Waals surface area contributed by atoms with Crippen LogP contribution in [0, 0.1) is 0 Å². The van der Waals surface area contributed by atoms with Gasteiger partial charge in [-0.05, 0) is 29.8 Å². The van der Waals surface area contributed by atoms with E-state index in [0.29, 0.717) is 49.4 Å². The van der Waals surface area contributed by atoms with E-state index < -0.39 is 0 Å². The van der Waals surface area contributed by atoms with E-state index in [4.69, 9.17) is 16.6 Å². The number of rotatable bonds is 6. The topological polar surface area (TPSA) is 80.6 Å². The summed E-state index contributed by atoms with van der Waals surface area (Å²) in [6.45, 7) is 4.11. The van der Waals surface area contributed by atoms with Crippen molar-refractivity contribution in [2.24, 2.45) is 0 Å². The van der Waals surface area contributed by atoms with Crippen LogP contribution in [0.3, 0.4) is 0 Å². The van der Waals surface area contributed by atoms with Crippen molar-refractivity contribution in [1.82, 2.24) is 19.5 Å². The van der Waals surface area contributed by atoms with E-state index in [1.165, 1.54) is 23.1 Å². The lowest BCUT2D eigenvalue weighted by atomic mass is 10.2. The minimum atomic E-state index is -0.232. The van der Waals surface area contributed by atoms with Crippen LogP contribution in [0.1, 0.15) is 5.82 Å². The summed E-state index contributed by atoms with van der Waals surface area (Å²) < 4.78 is 1.59. The Hall–Kier alpha value is -3.20. The molecule has 1 N–H and O–H groups in total. The zero-order chi connectivity index (χ0) is 22.9. The summed E-state index contributed by atoms with van der Waals surface area (Å²) in [5.41, 5.74) is 1.22. The normalized spacial score (nSPS) is 11.3. The summed E-state index contributed by atoms with van der Waals surface area (Å²) in [5.74, 6) is 0.819. The second kappa shape index (κ2) is 8.97. The highest BCUT2D eigenvalue weighted by Crippen LogP contribution is 2.32. The fourth-order valence-corrected chi connectivity index (χ4v) is 5.63. The SMILES string of the molecule is C=CCn1c(SCc2nc3cc(Cl)ccc3c(=O)[nH]2)nc2sc(-c3ccccc3)cc2c1=O. The average Bonchev–Trinajstić information content (AvgIpc) is 3.25. The molecule has 6 nitrogen and oxygen atoms in total. The highest BCUT2D eigenvalue weighted by Gasteiger charge is 2.16. The molecule has 5 aromatic rings. The van der Waals surface area contributed by atoms with Crippen molar-refractivity contribution >= 4 is 55.8 Å². The van der Waals surface area contributed by atoms with Crippen molar-refractivity contribution < 1.29 is 0 Å². The number of fused-ring (bicyclic) bond motifs is 2. The summed E-state index contributed by atoms with van der Waals surface area (Å²) in [5, 5.41) is 2.11. The molecule has 33 heavy (non-hydrogen) atoms. The van der Waals surface area contributed by atoms with Gasteiger partial charge in [0.25, 0.3) is 11.1 Å². The summed E-state index contributed by atoms with van der Waals surface area (Å²) >= 11 is 8.88. The first kappa shape index (κ1) is 21.6. The second-order valence-electron chi connectivity index (χ2n) is 7.26. The van der Waals surface area contributed by atoms with Crippen LogP contribution in [0.5, 0.6) is 0 Å². The molecule has 0 saturated carbocycles. The number of nitrogens with zero attached hydrogens (tertiary/aromatic N) is 3. The molecule has 0 aliphatic rings. The van der Waals surface area contributed by atoms with E-state index >= 15 is 0 Å². The number of thioether (sulfide) groups is 1. The molecule has 0 radical (unpaired) electrons. The van der Waals surface area contributed by atoms with Crippen LogP contribution in [0.15, 0.2) is 82.0 Å². The van der Waals surface area contributed by atoms with Gasteiger partial charge in [0.2, 0.25) is 0 Å². The van der Waals surface area contributed by atoms with Crippen molar-refractivity contribution in [2.75, 3.05) is 0 Å². The number of halogens is 1. The van der Waals surface area contributed by atoms with Gasteiger partial charge >= 0.3 is 0 Å². The van der Waals surface area contributed by atoms with E-state index in [0.717, 1.165) is 10.4 Å². The fraction of sp³-hybridized carbons (Fsp3) is 0.0833. The van der Waals surface area contributed by atoms with Gasteiger partial charge in [0.15, 0.2) is 5.16 Å². The maximum Gasteiger partial charge on any atom is 0.263 e. The number of aromatic amines is 1. The number of aromatic nitrogens is 4. The number of hydrogen-bond donors (Lipinski definition) is 1. The Bertz CT molecular complexity index is 1620. The first-order valence-electron chi connectivity index (χ1n) is 10.1. The molecule has 3 heterocycles. The molecular weight excluding hydrogens is 476 g/mol. The minimum absolute atomic E-state index is 0.118. The number of thiophene rings is 1. The van der Waals surface area contributed by atoms with E-state index in [1.807, 2.05) is 36.4 Å². The number of H-pyrrole nitrogens is 1. The molecule has 5 rings (SSSR count). The first-order valence-corrected chi connectivity index (χ1v) is 12.2. The quantitative estimate of drug-likeness (QED) is 0.192. The third-order valence-corrected chi connectivity index (χ3v) is 7.34. The van der Waals surface area contributed by atoms with Crippen LogP contribution >= 0.6 is 34.7 Å². The summed E-state index contributed by atoms with van der Waals surface area (Å²) in [6.07, 6.45) is 1.67. The first-order chi connectivity index (χ1) is 16.0. The third-order valence-electron chi connectivity index (χ3n) is 5.04. The molecule has 0 fully saturated rings. The van der Waals surface area contributed by atoms with Gasteiger partial charge in [0.05, 0.1) is 22.0 Å². The Kier molecular flexibility index (Phi) is 5.88. The molecule has 0 aliphatic heterocycles. The number of nitrogens with one attached hydrogen (secondary N) is 1. The third kappa shape index (κ3) is 4.25. The molecule has 0 aliphatic carbocycles. The fourth-order valence-electron chi connectivity index (χ4n) is 3.50. The van der Waals surface area contributed by atoms with Crippen LogP contribution in [0.4, 0.5) is 0 Å². The monoisotopic (exact) mass is 492 g/mol. The van der Waals surface area contributed by atoms with Gasteiger partial charge in [-0.1, -0.05) is 59.8 Å². The highest BCUT2D eigenvalue weighted by molar-refractivity contribution is 7.98. The molecule has 0 atom stereocenters. The lowest BCUT2D eigenvalue weighted by molar-refractivity contribution is 0.672. The van der Waals surface area contributed by atoms with Crippen molar-refractivity contribution in [2.45, 2.75) is 17.5 Å². The Morgan fingerprint density at radius 1 is 1.09 bits per heavy atom. The maximum atomic E-state index is 13.2. The maximum absolute atomic E-state index is 13.2. The average molecular weight is 493 g/mol. The van der Waals surface area contributed by atoms with Crippen LogP contribution in [0.25, 0.3) is 31.6 Å². The Morgan fingerprint density at radius 3 is 2.70 bits per heavy atom. The van der Waals surface area contributed by atoms with E-state index in [1.54, 1.807) is 28.8 Å². The van der Waals surface area contributed by atoms with Crippen molar-refractivity contribution in [1.29, 1.82) is 0 Å². The Labute approximate surface area is 201 Å². The van der Waals surface area contributed by atoms with E-state index in [2.05, 4.69) is 16.5 Å². The van der Waals surface area contributed by atoms with Crippen molar-refractivity contribution in [3.8, 4) is 10.4 Å². The largest absolute Gasteiger partial charge is 0.309 e. The molecule has 0 amide bonds. The van der Waals surface area contributed by atoms with E-state index in [-0.39, 0.29) is 11.1 Å². The number of allylic oxidation sites excluding steroid dienone is 1. The molecule has 0 bridgehead atoms. The predicted octanol–water partition coefficient (Wildman–Crippen LogP) is 5.49. The van der Waals surface area contributed by atoms with Gasteiger partial charge < -0.3 is 4.98 Å².